The van der Waals surface area contributed by atoms with E-state index in [1.807, 2.05) is 13.0 Å². The first-order valence-electron chi connectivity index (χ1n) is 36.1. The van der Waals surface area contributed by atoms with E-state index in [2.05, 4.69) is 65.2 Å². The molecule has 8 heterocycles. The number of carbonyl (C=O) groups is 3. The van der Waals surface area contributed by atoms with Crippen LogP contribution in [0.4, 0.5) is 104 Å². The maximum atomic E-state index is 14.1. The minimum Gasteiger partial charge on any atom is -0.478 e. The molecular formula is C82H63BCl2F21N15O7. The van der Waals surface area contributed by atoms with Crippen LogP contribution in [-0.2, 0) is 63.8 Å². The first kappa shape index (κ1) is 101. The molecule has 128 heavy (non-hydrogen) atoms. The zero-order valence-corrected chi connectivity index (χ0v) is 67.1. The molecule has 8 N–H and O–H groups in total. The molecule has 22 nitrogen and oxygen atoms in total. The molecule has 0 saturated carbocycles. The van der Waals surface area contributed by atoms with Gasteiger partial charge in [-0.05, 0) is 148 Å². The number of hydrogen-bond donors (Lipinski definition) is 6. The van der Waals surface area contributed by atoms with Crippen LogP contribution in [0, 0.1) is 24.4 Å². The third-order valence-corrected chi connectivity index (χ3v) is 16.9. The quantitative estimate of drug-likeness (QED) is 0.0270. The van der Waals surface area contributed by atoms with Crippen LogP contribution >= 0.6 is 23.2 Å². The highest BCUT2D eigenvalue weighted by atomic mass is 35.5. The molecule has 0 unspecified atom stereocenters. The fraction of sp³-hybridized carbons (Fsp3) is 0.171. The zero-order chi connectivity index (χ0) is 94.8. The van der Waals surface area contributed by atoms with Crippen molar-refractivity contribution in [2.45, 2.75) is 83.1 Å². The van der Waals surface area contributed by atoms with E-state index in [9.17, 15) is 107 Å². The lowest BCUT2D eigenvalue weighted by molar-refractivity contribution is -0.144. The number of carboxylic acid groups (broad SMARTS) is 1. The van der Waals surface area contributed by atoms with Gasteiger partial charge in [-0.2, -0.15) is 105 Å². The van der Waals surface area contributed by atoms with Crippen LogP contribution in [0.25, 0.3) is 67.7 Å². The minimum atomic E-state index is -5.10. The number of H-pyrrole nitrogens is 1. The van der Waals surface area contributed by atoms with Crippen molar-refractivity contribution in [3.63, 3.8) is 0 Å². The molecule has 0 spiro atoms. The van der Waals surface area contributed by atoms with Crippen molar-refractivity contribution in [3.8, 4) is 56.7 Å². The Hall–Kier alpha value is -13.7. The number of Topliss-reactive ketones (excluding diaryl/α,β-unsaturated/α-hetero) is 1. The number of nitrogens with two attached hydrogens (primary N) is 2. The Kier molecular flexibility index (Phi) is 35.6. The fourth-order valence-corrected chi connectivity index (χ4v) is 10.6. The number of aromatic amines is 1. The average molecular weight is 1850 g/mol. The number of imidazole rings is 2. The SMILES string of the molecule is CCOC(=O)CCC(C)=O.Cc1ccc(Cl)nn1.FC(F)(F)c1ccc(-c2ccc(CCl)nn2)c(C(F)(F)F)c1.Fc1ccccc1-c1nc2ccn(Cc3ccc(-c4ccc(C(F)(F)F)cc4C(F)(F)F)nn3)cc-2n1.Fc1ccccc1-c1nc2ccncc2[nH]1.Nc1ccncc1N.O=C(O)c1ccccc1F.OB(O)c1ccc(C(F)(F)F)cc1C(F)(F)F. The van der Waals surface area contributed by atoms with Gasteiger partial charge in [0.05, 0.1) is 144 Å². The third-order valence-electron chi connectivity index (χ3n) is 16.4. The number of anilines is 2. The number of carbonyl (C=O) groups excluding carboxylic acids is 2. The third kappa shape index (κ3) is 30.6. The Labute approximate surface area is 720 Å². The van der Waals surface area contributed by atoms with Crippen molar-refractivity contribution < 1.29 is 126 Å². The number of nitrogens with one attached hydrogen (secondary N) is 1. The van der Waals surface area contributed by atoms with Gasteiger partial charge in [0, 0.05) is 42.3 Å². The number of nitrogens with zero attached hydrogens (tertiary/aromatic N) is 12. The normalized spacial score (nSPS) is 11.3. The van der Waals surface area contributed by atoms with E-state index in [-0.39, 0.29) is 83.0 Å². The van der Waals surface area contributed by atoms with Gasteiger partial charge in [0.25, 0.3) is 0 Å². The summed E-state index contributed by atoms with van der Waals surface area (Å²) in [4.78, 5) is 54.9. The molecule has 0 bridgehead atoms. The van der Waals surface area contributed by atoms with Crippen LogP contribution in [0.5, 0.6) is 0 Å². The smallest absolute Gasteiger partial charge is 0.478 e. The predicted molar refractivity (Wildman–Crippen MR) is 426 cm³/mol. The van der Waals surface area contributed by atoms with E-state index >= 15 is 0 Å². The molecule has 6 aromatic carbocycles. The number of hydrogen-bond acceptors (Lipinski definition) is 19. The molecule has 6 aromatic heterocycles. The maximum Gasteiger partial charge on any atom is 0.489 e. The first-order valence-corrected chi connectivity index (χ1v) is 37.0. The molecule has 0 saturated heterocycles. The van der Waals surface area contributed by atoms with Crippen LogP contribution in [0.2, 0.25) is 5.15 Å². The largest absolute Gasteiger partial charge is 0.489 e. The van der Waals surface area contributed by atoms with Gasteiger partial charge >= 0.3 is 56.1 Å². The summed E-state index contributed by atoms with van der Waals surface area (Å²) in [6.07, 6.45) is -19.5. The molecular weight excluding hydrogens is 1790 g/mol. The number of esters is 1. The van der Waals surface area contributed by atoms with Crippen LogP contribution in [0.3, 0.4) is 0 Å². The number of aromatic nitrogens is 13. The van der Waals surface area contributed by atoms with Crippen LogP contribution in [-0.4, -0.2) is 112 Å². The molecule has 46 heteroatoms. The number of fused-ring (bicyclic) bond motifs is 2. The van der Waals surface area contributed by atoms with Gasteiger partial charge < -0.3 is 45.7 Å². The molecule has 0 aliphatic carbocycles. The summed E-state index contributed by atoms with van der Waals surface area (Å²) >= 11 is 10.9. The summed E-state index contributed by atoms with van der Waals surface area (Å²) in [5, 5.41) is 48.3. The maximum absolute atomic E-state index is 14.1. The topological polar surface area (TPSA) is 336 Å². The van der Waals surface area contributed by atoms with E-state index in [1.165, 1.54) is 67.7 Å². The van der Waals surface area contributed by atoms with Gasteiger partial charge in [0.15, 0.2) is 11.0 Å². The molecule has 14 rings (SSSR count). The fourth-order valence-electron chi connectivity index (χ4n) is 10.3. The number of benzene rings is 6. The Morgan fingerprint density at radius 1 is 0.500 bits per heavy atom. The summed E-state index contributed by atoms with van der Waals surface area (Å²) in [5.74, 6) is -2.17. The number of nitrogen functional groups attached to an aromatic ring is 2. The summed E-state index contributed by atoms with van der Waals surface area (Å²) in [5.41, 5.74) is 5.16. The second-order valence-corrected chi connectivity index (χ2v) is 26.5. The second-order valence-electron chi connectivity index (χ2n) is 25.8. The first-order chi connectivity index (χ1) is 60.0. The highest BCUT2D eigenvalue weighted by Crippen LogP contribution is 2.43. The highest BCUT2D eigenvalue weighted by Gasteiger charge is 2.42. The molecule has 0 radical (unpaired) electrons. The van der Waals surface area contributed by atoms with Crippen molar-refractivity contribution in [2.75, 3.05) is 18.1 Å². The lowest BCUT2D eigenvalue weighted by Gasteiger charge is -2.15. The molecule has 2 aliphatic heterocycles. The summed E-state index contributed by atoms with van der Waals surface area (Å²) in [6.45, 7) is 5.62. The molecule has 0 amide bonds. The summed E-state index contributed by atoms with van der Waals surface area (Å²) in [6, 6.07) is 35.1. The van der Waals surface area contributed by atoms with Gasteiger partial charge in [-0.1, -0.05) is 72.3 Å². The van der Waals surface area contributed by atoms with E-state index in [0.717, 1.165) is 34.9 Å². The number of rotatable bonds is 13. The van der Waals surface area contributed by atoms with Crippen molar-refractivity contribution >= 4 is 75.9 Å². The van der Waals surface area contributed by atoms with Crippen LogP contribution in [0.15, 0.2) is 219 Å². The highest BCUT2D eigenvalue weighted by molar-refractivity contribution is 6.59. The van der Waals surface area contributed by atoms with Crippen molar-refractivity contribution in [1.29, 1.82) is 0 Å². The monoisotopic (exact) mass is 1850 g/mol. The van der Waals surface area contributed by atoms with Crippen molar-refractivity contribution in [3.05, 3.63) is 298 Å². The van der Waals surface area contributed by atoms with Gasteiger partial charge in [-0.15, -0.1) is 16.7 Å². The number of alkyl halides is 19. The summed E-state index contributed by atoms with van der Waals surface area (Å²) < 4.78 is 276. The lowest BCUT2D eigenvalue weighted by atomic mass is 9.76. The molecule has 672 valence electrons. The summed E-state index contributed by atoms with van der Waals surface area (Å²) in [7, 11) is -2.49. The Morgan fingerprint density at radius 3 is 1.43 bits per heavy atom. The van der Waals surface area contributed by atoms with Gasteiger partial charge in [0.2, 0.25) is 0 Å². The Morgan fingerprint density at radius 2 is 1.00 bits per heavy atom. The Bertz CT molecular complexity index is 5920. The van der Waals surface area contributed by atoms with Crippen LogP contribution < -0.4 is 16.9 Å². The predicted octanol–water partition coefficient (Wildman–Crippen LogP) is 19.9. The number of ketones is 1. The number of pyridine rings is 3. The lowest BCUT2D eigenvalue weighted by Crippen LogP contribution is -2.36. The van der Waals surface area contributed by atoms with Gasteiger partial charge in [-0.25, -0.2) is 32.9 Å². The van der Waals surface area contributed by atoms with Crippen molar-refractivity contribution in [2.24, 2.45) is 0 Å². The zero-order valence-electron chi connectivity index (χ0n) is 65.6. The molecule has 0 fully saturated rings. The van der Waals surface area contributed by atoms with Gasteiger partial charge in [-0.3, -0.25) is 14.8 Å². The molecule has 12 aromatic rings. The average Bonchev–Trinajstić information content (AvgIpc) is 1.75. The Balaban J connectivity index is 0.000000214. The standard InChI is InChI=1S/C25H14F7N5.C13H7ClF6N2.C12H8FN3.C8H5BF6O2.C7H5FO2.C7H12O3.C5H5ClN2.C5H7N3/c26-19-4-2-1-3-17(19)23-33-21-9-10-37(13-22(21)34-23)12-15-6-8-20(36-35-15)16-7-5-14(24(27,28)29)11-18(16)25(30,31)32;14-6-8-2-4-11(22-21-8)9-3-1-7(12(15,16)17)5-10(9)13(18,19)20;13-9-4-2-1-3-8(9)12-15-10-5-6-14-7-11(10)16-12;10-7(11,12)4-1-2-6(9(16)17)5(3-4)8(13,14)15;8-6-4-2-1-3-5(6)7(9)10;1-3-10-7(9)5-4-6(2)8;1-4-2-3-5(6)8-7-4;6-4-1-2-8-3-5(4)7/h1-11,13H,12H2;1-5H,6H2;1-7H,(H,15,16);1-3,16-17H;1-4H,(H,9,10);3-5H2,1-2H3;2-3H,1H3;1-3H,7H2,(H2,6,8). The molecule has 0 atom stereocenters. The van der Waals surface area contributed by atoms with Crippen molar-refractivity contribution in [1.82, 2.24) is 65.1 Å². The number of aromatic carboxylic acids is 1. The van der Waals surface area contributed by atoms with Crippen LogP contribution in [0.1, 0.15) is 87.5 Å². The van der Waals surface area contributed by atoms with Gasteiger partial charge in [0.1, 0.15) is 34.8 Å². The van der Waals surface area contributed by atoms with E-state index in [1.54, 1.807) is 103 Å². The number of carboxylic acids is 1. The second kappa shape index (κ2) is 44.9. The minimum absolute atomic E-state index is 0.0203. The number of ether oxygens (including phenoxy) is 1. The van der Waals surface area contributed by atoms with E-state index in [0.29, 0.717) is 88.0 Å². The molecule has 2 aliphatic rings. The number of aryl methyl sites for hydroxylation is 1. The van der Waals surface area contributed by atoms with E-state index < -0.39 is 112 Å². The number of halogens is 23. The van der Waals surface area contributed by atoms with E-state index in [4.69, 9.17) is 49.8 Å².